The van der Waals surface area contributed by atoms with Crippen molar-refractivity contribution in [2.24, 2.45) is 5.73 Å². The Kier molecular flexibility index (Phi) is 5.46. The van der Waals surface area contributed by atoms with Crippen LogP contribution in [-0.4, -0.2) is 17.9 Å². The predicted molar refractivity (Wildman–Crippen MR) is 96.1 cm³/mol. The largest absolute Gasteiger partial charge is 0.366 e. The fourth-order valence-corrected chi connectivity index (χ4v) is 3.06. The lowest BCUT2D eigenvalue weighted by atomic mass is 10.1. The molecule has 2 amide bonds. The summed E-state index contributed by atoms with van der Waals surface area (Å²) in [6.07, 6.45) is 3.73. The van der Waals surface area contributed by atoms with Crippen LogP contribution in [0.5, 0.6) is 0 Å². The van der Waals surface area contributed by atoms with Crippen LogP contribution in [0.1, 0.15) is 47.7 Å². The van der Waals surface area contributed by atoms with E-state index < -0.39 is 12.0 Å². The van der Waals surface area contributed by atoms with Gasteiger partial charge in [-0.1, -0.05) is 43.2 Å². The maximum Gasteiger partial charge on any atom is 0.258 e. The Bertz CT molecular complexity index is 722. The Morgan fingerprint density at radius 1 is 1.00 bits per heavy atom. The van der Waals surface area contributed by atoms with Gasteiger partial charge in [0.1, 0.15) is 0 Å². The van der Waals surface area contributed by atoms with Crippen molar-refractivity contribution in [3.63, 3.8) is 0 Å². The SMILES string of the molecule is NC(=O)c1ccc(NC(=O)[C@@H](OC2CCCC2)c2ccccc2)cc1. The van der Waals surface area contributed by atoms with Gasteiger partial charge in [0.2, 0.25) is 5.91 Å². The monoisotopic (exact) mass is 338 g/mol. The summed E-state index contributed by atoms with van der Waals surface area (Å²) in [4.78, 5) is 23.9. The number of carbonyl (C=O) groups excluding carboxylic acids is 2. The summed E-state index contributed by atoms with van der Waals surface area (Å²) < 4.78 is 6.11. The van der Waals surface area contributed by atoms with Crippen LogP contribution in [-0.2, 0) is 9.53 Å². The van der Waals surface area contributed by atoms with E-state index in [0.29, 0.717) is 11.3 Å². The number of carbonyl (C=O) groups is 2. The van der Waals surface area contributed by atoms with Gasteiger partial charge in [0.05, 0.1) is 6.10 Å². The van der Waals surface area contributed by atoms with Crippen LogP contribution in [0.3, 0.4) is 0 Å². The van der Waals surface area contributed by atoms with E-state index in [2.05, 4.69) is 5.32 Å². The van der Waals surface area contributed by atoms with Crippen LogP contribution < -0.4 is 11.1 Å². The number of hydrogen-bond donors (Lipinski definition) is 2. The molecule has 5 nitrogen and oxygen atoms in total. The highest BCUT2D eigenvalue weighted by Crippen LogP contribution is 2.28. The molecular weight excluding hydrogens is 316 g/mol. The normalized spacial score (nSPS) is 15.7. The van der Waals surface area contributed by atoms with Gasteiger partial charge in [0.25, 0.3) is 5.91 Å². The summed E-state index contributed by atoms with van der Waals surface area (Å²) in [7, 11) is 0. The van der Waals surface area contributed by atoms with Crippen LogP contribution in [0.25, 0.3) is 0 Å². The molecule has 0 aromatic heterocycles. The number of hydrogen-bond acceptors (Lipinski definition) is 3. The minimum atomic E-state index is -0.653. The molecule has 3 rings (SSSR count). The molecule has 3 N–H and O–H groups in total. The first kappa shape index (κ1) is 17.2. The van der Waals surface area contributed by atoms with Gasteiger partial charge in [-0.2, -0.15) is 0 Å². The number of anilines is 1. The highest BCUT2D eigenvalue weighted by Gasteiger charge is 2.27. The van der Waals surface area contributed by atoms with Gasteiger partial charge in [-0.15, -0.1) is 0 Å². The highest BCUT2D eigenvalue weighted by molar-refractivity contribution is 5.96. The van der Waals surface area contributed by atoms with Crippen molar-refractivity contribution in [2.75, 3.05) is 5.32 Å². The van der Waals surface area contributed by atoms with Crippen LogP contribution in [0.4, 0.5) is 5.69 Å². The summed E-state index contributed by atoms with van der Waals surface area (Å²) in [5.74, 6) is -0.713. The zero-order valence-electron chi connectivity index (χ0n) is 14.0. The van der Waals surface area contributed by atoms with Crippen molar-refractivity contribution >= 4 is 17.5 Å². The number of primary amides is 1. The molecule has 1 atom stereocenters. The van der Waals surface area contributed by atoms with Gasteiger partial charge >= 0.3 is 0 Å². The quantitative estimate of drug-likeness (QED) is 0.847. The third-order valence-electron chi connectivity index (χ3n) is 4.41. The second kappa shape index (κ2) is 7.94. The average Bonchev–Trinajstić information content (AvgIpc) is 3.14. The molecule has 0 bridgehead atoms. The van der Waals surface area contributed by atoms with E-state index in [-0.39, 0.29) is 12.0 Å². The molecule has 0 saturated heterocycles. The lowest BCUT2D eigenvalue weighted by Crippen LogP contribution is -2.26. The molecule has 0 spiro atoms. The van der Waals surface area contributed by atoms with Crippen molar-refractivity contribution < 1.29 is 14.3 Å². The fraction of sp³-hybridized carbons (Fsp3) is 0.300. The molecule has 2 aromatic rings. The van der Waals surface area contributed by atoms with E-state index >= 15 is 0 Å². The maximum absolute atomic E-state index is 12.8. The smallest absolute Gasteiger partial charge is 0.258 e. The summed E-state index contributed by atoms with van der Waals surface area (Å²) in [6, 6.07) is 16.0. The topological polar surface area (TPSA) is 81.4 Å². The molecule has 0 aliphatic heterocycles. The summed E-state index contributed by atoms with van der Waals surface area (Å²) in [5.41, 5.74) is 7.07. The first-order valence-corrected chi connectivity index (χ1v) is 8.54. The van der Waals surface area contributed by atoms with E-state index in [0.717, 1.165) is 31.2 Å². The number of ether oxygens (including phenoxy) is 1. The number of benzene rings is 2. The Morgan fingerprint density at radius 3 is 2.24 bits per heavy atom. The summed E-state index contributed by atoms with van der Waals surface area (Å²) in [5, 5.41) is 2.86. The zero-order valence-corrected chi connectivity index (χ0v) is 14.0. The molecule has 0 radical (unpaired) electrons. The molecule has 25 heavy (non-hydrogen) atoms. The molecule has 0 unspecified atom stereocenters. The van der Waals surface area contributed by atoms with Gasteiger partial charge in [-0.3, -0.25) is 9.59 Å². The van der Waals surface area contributed by atoms with Gasteiger partial charge in [0.15, 0.2) is 6.10 Å². The van der Waals surface area contributed by atoms with Gasteiger partial charge in [0, 0.05) is 11.3 Å². The second-order valence-electron chi connectivity index (χ2n) is 6.26. The number of nitrogens with one attached hydrogen (secondary N) is 1. The van der Waals surface area contributed by atoms with Crippen molar-refractivity contribution in [2.45, 2.75) is 37.9 Å². The van der Waals surface area contributed by atoms with Crippen LogP contribution >= 0.6 is 0 Å². The molecule has 1 saturated carbocycles. The Balaban J connectivity index is 1.75. The number of rotatable bonds is 6. The number of amides is 2. The molecule has 1 aliphatic rings. The van der Waals surface area contributed by atoms with Crippen molar-refractivity contribution in [3.8, 4) is 0 Å². The Morgan fingerprint density at radius 2 is 1.64 bits per heavy atom. The average molecular weight is 338 g/mol. The number of nitrogens with two attached hydrogens (primary N) is 1. The fourth-order valence-electron chi connectivity index (χ4n) is 3.06. The molecular formula is C20H22N2O3. The molecule has 130 valence electrons. The Hall–Kier alpha value is -2.66. The maximum atomic E-state index is 12.8. The third-order valence-corrected chi connectivity index (χ3v) is 4.41. The van der Waals surface area contributed by atoms with Crippen molar-refractivity contribution in [1.82, 2.24) is 0 Å². The molecule has 5 heteroatoms. The minimum absolute atomic E-state index is 0.119. The van der Waals surface area contributed by atoms with Crippen LogP contribution in [0, 0.1) is 0 Å². The van der Waals surface area contributed by atoms with E-state index in [1.54, 1.807) is 24.3 Å². The molecule has 1 fully saturated rings. The first-order valence-electron chi connectivity index (χ1n) is 8.54. The summed E-state index contributed by atoms with van der Waals surface area (Å²) >= 11 is 0. The predicted octanol–water partition coefficient (Wildman–Crippen LogP) is 3.42. The van der Waals surface area contributed by atoms with E-state index in [1.807, 2.05) is 30.3 Å². The van der Waals surface area contributed by atoms with E-state index in [9.17, 15) is 9.59 Å². The van der Waals surface area contributed by atoms with Gasteiger partial charge in [-0.05, 0) is 42.7 Å². The zero-order chi connectivity index (χ0) is 17.6. The highest BCUT2D eigenvalue weighted by atomic mass is 16.5. The van der Waals surface area contributed by atoms with E-state index in [4.69, 9.17) is 10.5 Å². The van der Waals surface area contributed by atoms with E-state index in [1.165, 1.54) is 0 Å². The minimum Gasteiger partial charge on any atom is -0.366 e. The Labute approximate surface area is 147 Å². The molecule has 1 aliphatic carbocycles. The third kappa shape index (κ3) is 4.45. The van der Waals surface area contributed by atoms with Crippen LogP contribution in [0.15, 0.2) is 54.6 Å². The van der Waals surface area contributed by atoms with Crippen molar-refractivity contribution in [1.29, 1.82) is 0 Å². The lowest BCUT2D eigenvalue weighted by molar-refractivity contribution is -0.131. The first-order chi connectivity index (χ1) is 12.1. The standard InChI is InChI=1S/C20H22N2O3/c21-19(23)15-10-12-16(13-11-15)22-20(24)18(14-6-2-1-3-7-14)25-17-8-4-5-9-17/h1-3,6-7,10-13,17-18H,4-5,8-9H2,(H2,21,23)(H,22,24)/t18-/m0/s1. The van der Waals surface area contributed by atoms with Gasteiger partial charge in [-0.25, -0.2) is 0 Å². The lowest BCUT2D eigenvalue weighted by Gasteiger charge is -2.22. The van der Waals surface area contributed by atoms with Crippen LogP contribution in [0.2, 0.25) is 0 Å². The molecule has 2 aromatic carbocycles. The molecule has 0 heterocycles. The van der Waals surface area contributed by atoms with Gasteiger partial charge < -0.3 is 15.8 Å². The second-order valence-corrected chi connectivity index (χ2v) is 6.26. The van der Waals surface area contributed by atoms with Crippen molar-refractivity contribution in [3.05, 3.63) is 65.7 Å². The summed E-state index contributed by atoms with van der Waals surface area (Å²) in [6.45, 7) is 0.